The molecule has 1 aliphatic carbocycles. The summed E-state index contributed by atoms with van der Waals surface area (Å²) in [4.78, 5) is 11.9. The van der Waals surface area contributed by atoms with Crippen LogP contribution in [0.25, 0.3) is 0 Å². The Morgan fingerprint density at radius 2 is 2.10 bits per heavy atom. The number of aromatic hydroxyl groups is 2. The van der Waals surface area contributed by atoms with Gasteiger partial charge in [-0.05, 0) is 48.8 Å². The van der Waals surface area contributed by atoms with Crippen LogP contribution in [0.1, 0.15) is 25.3 Å². The summed E-state index contributed by atoms with van der Waals surface area (Å²) in [6.45, 7) is 2.81. The Labute approximate surface area is 118 Å². The number of hydrogen-bond acceptors (Lipinski definition) is 4. The first-order valence-corrected chi connectivity index (χ1v) is 7.01. The number of nitrogens with one attached hydrogen (secondary N) is 1. The Morgan fingerprint density at radius 1 is 1.40 bits per heavy atom. The van der Waals surface area contributed by atoms with Crippen molar-refractivity contribution < 1.29 is 15.0 Å². The van der Waals surface area contributed by atoms with Crippen LogP contribution in [-0.4, -0.2) is 28.7 Å². The van der Waals surface area contributed by atoms with E-state index in [1.807, 2.05) is 0 Å². The van der Waals surface area contributed by atoms with Gasteiger partial charge < -0.3 is 21.3 Å². The molecule has 20 heavy (non-hydrogen) atoms. The summed E-state index contributed by atoms with van der Waals surface area (Å²) < 4.78 is 0. The summed E-state index contributed by atoms with van der Waals surface area (Å²) in [7, 11) is 0. The number of carbonyl (C=O) groups is 1. The van der Waals surface area contributed by atoms with Crippen molar-refractivity contribution in [3.05, 3.63) is 23.8 Å². The molecule has 5 N–H and O–H groups in total. The highest BCUT2D eigenvalue weighted by Crippen LogP contribution is 2.36. The van der Waals surface area contributed by atoms with E-state index in [0.717, 1.165) is 11.5 Å². The van der Waals surface area contributed by atoms with Gasteiger partial charge in [0.05, 0.1) is 6.04 Å². The van der Waals surface area contributed by atoms with E-state index in [1.165, 1.54) is 25.0 Å². The Bertz CT molecular complexity index is 486. The van der Waals surface area contributed by atoms with E-state index < -0.39 is 6.04 Å². The van der Waals surface area contributed by atoms with Gasteiger partial charge in [0.1, 0.15) is 0 Å². The fraction of sp³-hybridized carbons (Fsp3) is 0.533. The quantitative estimate of drug-likeness (QED) is 0.587. The number of benzene rings is 1. The summed E-state index contributed by atoms with van der Waals surface area (Å²) in [5.74, 6) is 0.706. The molecule has 1 unspecified atom stereocenters. The lowest BCUT2D eigenvalue weighted by molar-refractivity contribution is -0.122. The van der Waals surface area contributed by atoms with Gasteiger partial charge >= 0.3 is 0 Å². The second-order valence-electron chi connectivity index (χ2n) is 5.69. The van der Waals surface area contributed by atoms with E-state index in [-0.39, 0.29) is 17.4 Å². The molecular formula is C15H22N2O3. The van der Waals surface area contributed by atoms with Crippen LogP contribution < -0.4 is 11.1 Å². The van der Waals surface area contributed by atoms with Gasteiger partial charge in [-0.15, -0.1) is 0 Å². The van der Waals surface area contributed by atoms with Crippen LogP contribution in [0.15, 0.2) is 18.2 Å². The van der Waals surface area contributed by atoms with Gasteiger partial charge in [-0.2, -0.15) is 0 Å². The second-order valence-corrected chi connectivity index (χ2v) is 5.69. The van der Waals surface area contributed by atoms with Crippen LogP contribution in [0.3, 0.4) is 0 Å². The van der Waals surface area contributed by atoms with Crippen LogP contribution >= 0.6 is 0 Å². The van der Waals surface area contributed by atoms with Gasteiger partial charge in [-0.25, -0.2) is 0 Å². The first kappa shape index (κ1) is 14.7. The van der Waals surface area contributed by atoms with Crippen molar-refractivity contribution >= 4 is 5.91 Å². The van der Waals surface area contributed by atoms with Crippen LogP contribution in [0.5, 0.6) is 11.5 Å². The number of nitrogens with two attached hydrogens (primary N) is 1. The van der Waals surface area contributed by atoms with E-state index in [2.05, 4.69) is 12.2 Å². The third-order valence-corrected chi connectivity index (χ3v) is 3.86. The summed E-state index contributed by atoms with van der Waals surface area (Å²) in [6.07, 6.45) is 2.85. The van der Waals surface area contributed by atoms with Crippen LogP contribution in [0.4, 0.5) is 0 Å². The van der Waals surface area contributed by atoms with E-state index in [0.29, 0.717) is 18.9 Å². The molecule has 2 rings (SSSR count). The average molecular weight is 278 g/mol. The zero-order chi connectivity index (χ0) is 14.7. The molecule has 0 spiro atoms. The van der Waals surface area contributed by atoms with E-state index in [4.69, 9.17) is 5.73 Å². The molecule has 1 fully saturated rings. The highest BCUT2D eigenvalue weighted by Gasteiger charge is 2.28. The molecule has 2 atom stereocenters. The Morgan fingerprint density at radius 3 is 2.70 bits per heavy atom. The minimum atomic E-state index is -0.648. The third kappa shape index (κ3) is 3.87. The second kappa shape index (κ2) is 6.13. The molecule has 0 aromatic heterocycles. The van der Waals surface area contributed by atoms with Crippen molar-refractivity contribution in [2.45, 2.75) is 32.2 Å². The summed E-state index contributed by atoms with van der Waals surface area (Å²) in [5.41, 5.74) is 6.58. The minimum absolute atomic E-state index is 0.176. The predicted molar refractivity (Wildman–Crippen MR) is 76.3 cm³/mol. The SMILES string of the molecule is CC(CNC(=O)[C@@H](N)Cc1ccc(O)c(O)c1)C1CC1. The molecule has 1 saturated carbocycles. The molecule has 0 saturated heterocycles. The van der Waals surface area contributed by atoms with E-state index in [9.17, 15) is 15.0 Å². The van der Waals surface area contributed by atoms with Crippen LogP contribution in [0.2, 0.25) is 0 Å². The largest absolute Gasteiger partial charge is 0.504 e. The number of phenols is 2. The van der Waals surface area contributed by atoms with Gasteiger partial charge in [0.25, 0.3) is 0 Å². The van der Waals surface area contributed by atoms with Crippen LogP contribution in [-0.2, 0) is 11.2 Å². The minimum Gasteiger partial charge on any atom is -0.504 e. The lowest BCUT2D eigenvalue weighted by Crippen LogP contribution is -2.43. The van der Waals surface area contributed by atoms with Gasteiger partial charge in [-0.1, -0.05) is 13.0 Å². The lowest BCUT2D eigenvalue weighted by Gasteiger charge is -2.15. The van der Waals surface area contributed by atoms with Gasteiger partial charge in [-0.3, -0.25) is 4.79 Å². The zero-order valence-electron chi connectivity index (χ0n) is 11.7. The molecule has 110 valence electrons. The molecule has 1 aromatic carbocycles. The maximum atomic E-state index is 11.9. The normalized spacial score (nSPS) is 17.5. The van der Waals surface area contributed by atoms with Crippen molar-refractivity contribution in [3.8, 4) is 11.5 Å². The molecule has 1 aromatic rings. The highest BCUT2D eigenvalue weighted by atomic mass is 16.3. The third-order valence-electron chi connectivity index (χ3n) is 3.86. The van der Waals surface area contributed by atoms with Gasteiger partial charge in [0.2, 0.25) is 5.91 Å². The molecule has 1 aliphatic rings. The zero-order valence-corrected chi connectivity index (χ0v) is 11.7. The first-order chi connectivity index (χ1) is 9.47. The number of hydrogen-bond donors (Lipinski definition) is 4. The average Bonchev–Trinajstić information content (AvgIpc) is 3.24. The smallest absolute Gasteiger partial charge is 0.237 e. The number of amides is 1. The summed E-state index contributed by atoms with van der Waals surface area (Å²) in [5, 5.41) is 21.5. The van der Waals surface area contributed by atoms with Crippen molar-refractivity contribution in [2.75, 3.05) is 6.54 Å². The molecule has 1 amide bonds. The summed E-state index contributed by atoms with van der Waals surface area (Å²) >= 11 is 0. The van der Waals surface area contributed by atoms with Gasteiger partial charge in [0.15, 0.2) is 11.5 Å². The molecule has 0 aliphatic heterocycles. The number of carbonyl (C=O) groups excluding carboxylic acids is 1. The number of phenolic OH excluding ortho intramolecular Hbond substituents is 2. The van der Waals surface area contributed by atoms with Crippen molar-refractivity contribution in [1.29, 1.82) is 0 Å². The fourth-order valence-electron chi connectivity index (χ4n) is 2.27. The van der Waals surface area contributed by atoms with Crippen molar-refractivity contribution in [3.63, 3.8) is 0 Å². The maximum Gasteiger partial charge on any atom is 0.237 e. The topological polar surface area (TPSA) is 95.6 Å². The van der Waals surface area contributed by atoms with E-state index in [1.54, 1.807) is 6.07 Å². The monoisotopic (exact) mass is 278 g/mol. The Kier molecular flexibility index (Phi) is 4.49. The number of rotatable bonds is 6. The molecular weight excluding hydrogens is 256 g/mol. The lowest BCUT2D eigenvalue weighted by atomic mass is 10.0. The molecule has 5 nitrogen and oxygen atoms in total. The fourth-order valence-corrected chi connectivity index (χ4v) is 2.27. The van der Waals surface area contributed by atoms with Crippen molar-refractivity contribution in [2.24, 2.45) is 17.6 Å². The Balaban J connectivity index is 1.81. The van der Waals surface area contributed by atoms with Crippen LogP contribution in [0, 0.1) is 11.8 Å². The van der Waals surface area contributed by atoms with Crippen molar-refractivity contribution in [1.82, 2.24) is 5.32 Å². The Hall–Kier alpha value is -1.75. The predicted octanol–water partition coefficient (Wildman–Crippen LogP) is 1.13. The first-order valence-electron chi connectivity index (χ1n) is 7.01. The molecule has 0 bridgehead atoms. The highest BCUT2D eigenvalue weighted by molar-refractivity contribution is 5.81. The molecule has 0 radical (unpaired) electrons. The van der Waals surface area contributed by atoms with Gasteiger partial charge in [0, 0.05) is 6.54 Å². The van der Waals surface area contributed by atoms with E-state index >= 15 is 0 Å². The molecule has 5 heteroatoms. The summed E-state index contributed by atoms with van der Waals surface area (Å²) in [6, 6.07) is 3.82. The molecule has 0 heterocycles. The standard InChI is InChI=1S/C15H22N2O3/c1-9(11-3-4-11)8-17-15(20)12(16)6-10-2-5-13(18)14(19)7-10/h2,5,7,9,11-12,18-19H,3-4,6,8,16H2,1H3,(H,17,20)/t9?,12-/m0/s1. The maximum absolute atomic E-state index is 11.9.